The van der Waals surface area contributed by atoms with E-state index in [1.54, 1.807) is 27.2 Å². The Kier molecular flexibility index (Phi) is 4.60. The Morgan fingerprint density at radius 3 is 2.91 bits per heavy atom. The number of unbranched alkanes of at least 4 members (excludes halogenated alkanes) is 1. The third-order valence-electron chi connectivity index (χ3n) is 3.83. The Bertz CT molecular complexity index is 930. The summed E-state index contributed by atoms with van der Waals surface area (Å²) in [5.41, 5.74) is 1.07. The minimum absolute atomic E-state index is 0.0183. The summed E-state index contributed by atoms with van der Waals surface area (Å²) in [4.78, 5) is 20.9. The summed E-state index contributed by atoms with van der Waals surface area (Å²) >= 11 is 3.27. The molecule has 4 nitrogen and oxygen atoms in total. The van der Waals surface area contributed by atoms with E-state index in [0.29, 0.717) is 19.4 Å². The van der Waals surface area contributed by atoms with Gasteiger partial charge in [-0.1, -0.05) is 13.0 Å². The zero-order valence-electron chi connectivity index (χ0n) is 13.1. The summed E-state index contributed by atoms with van der Waals surface area (Å²) in [5.74, 6) is 0.724. The molecule has 0 amide bonds. The van der Waals surface area contributed by atoms with Gasteiger partial charge < -0.3 is 0 Å². The maximum atomic E-state index is 13.0. The molecule has 0 atom stereocenters. The standard InChI is InChI=1S/C17H17N3OS2/c1-3-12-14(13-7-6-10-22-13)15-16(23-12)19-11(2)20(17(15)21)9-5-4-8-18/h6-7,10H,3-5,9H2,1-2H3. The van der Waals surface area contributed by atoms with Crippen LogP contribution in [0.15, 0.2) is 22.3 Å². The molecule has 0 saturated heterocycles. The van der Waals surface area contributed by atoms with Crippen molar-refractivity contribution in [3.63, 3.8) is 0 Å². The number of hydrogen-bond donors (Lipinski definition) is 0. The van der Waals surface area contributed by atoms with Gasteiger partial charge in [0.2, 0.25) is 0 Å². The second kappa shape index (κ2) is 6.65. The largest absolute Gasteiger partial charge is 0.296 e. The zero-order chi connectivity index (χ0) is 16.4. The lowest BCUT2D eigenvalue weighted by Gasteiger charge is -2.08. The van der Waals surface area contributed by atoms with Gasteiger partial charge in [0, 0.05) is 28.3 Å². The van der Waals surface area contributed by atoms with Gasteiger partial charge in [-0.2, -0.15) is 5.26 Å². The van der Waals surface area contributed by atoms with Crippen molar-refractivity contribution >= 4 is 32.9 Å². The molecule has 0 bridgehead atoms. The monoisotopic (exact) mass is 343 g/mol. The lowest BCUT2D eigenvalue weighted by Crippen LogP contribution is -2.23. The van der Waals surface area contributed by atoms with Crippen molar-refractivity contribution in [1.29, 1.82) is 5.26 Å². The highest BCUT2D eigenvalue weighted by molar-refractivity contribution is 7.20. The minimum atomic E-state index is 0.0183. The van der Waals surface area contributed by atoms with Crippen LogP contribution in [0.4, 0.5) is 0 Å². The highest BCUT2D eigenvalue weighted by atomic mass is 32.1. The van der Waals surface area contributed by atoms with E-state index in [1.165, 1.54) is 4.88 Å². The SMILES string of the molecule is CCc1sc2nc(C)n(CCCC#N)c(=O)c2c1-c1cccs1. The first-order valence-electron chi connectivity index (χ1n) is 7.61. The first-order chi connectivity index (χ1) is 11.2. The fraction of sp³-hybridized carbons (Fsp3) is 0.353. The van der Waals surface area contributed by atoms with Gasteiger partial charge in [-0.25, -0.2) is 4.98 Å². The van der Waals surface area contributed by atoms with Crippen molar-refractivity contribution in [2.24, 2.45) is 0 Å². The Morgan fingerprint density at radius 1 is 1.43 bits per heavy atom. The molecule has 0 saturated carbocycles. The Hall–Kier alpha value is -1.97. The number of thiophene rings is 2. The summed E-state index contributed by atoms with van der Waals surface area (Å²) < 4.78 is 1.71. The van der Waals surface area contributed by atoms with Gasteiger partial charge in [0.05, 0.1) is 11.5 Å². The lowest BCUT2D eigenvalue weighted by atomic mass is 10.1. The average Bonchev–Trinajstić information content (AvgIpc) is 3.17. The van der Waals surface area contributed by atoms with Gasteiger partial charge in [-0.05, 0) is 31.2 Å². The van der Waals surface area contributed by atoms with Crippen molar-refractivity contribution in [2.75, 3.05) is 0 Å². The molecule has 0 aliphatic rings. The molecule has 3 rings (SSSR count). The van der Waals surface area contributed by atoms with Crippen LogP contribution in [0.1, 0.15) is 30.5 Å². The van der Waals surface area contributed by atoms with Crippen molar-refractivity contribution in [1.82, 2.24) is 9.55 Å². The molecule has 3 aromatic heterocycles. The summed E-state index contributed by atoms with van der Waals surface area (Å²) in [7, 11) is 0. The fourth-order valence-electron chi connectivity index (χ4n) is 2.74. The number of nitriles is 1. The van der Waals surface area contributed by atoms with Crippen LogP contribution in [0.25, 0.3) is 20.7 Å². The van der Waals surface area contributed by atoms with Crippen LogP contribution in [0.3, 0.4) is 0 Å². The van der Waals surface area contributed by atoms with Crippen molar-refractivity contribution in [2.45, 2.75) is 39.7 Å². The predicted octanol–water partition coefficient (Wildman–Crippen LogP) is 4.36. The molecule has 118 valence electrons. The number of aromatic nitrogens is 2. The fourth-order valence-corrected chi connectivity index (χ4v) is 4.77. The van der Waals surface area contributed by atoms with E-state index in [9.17, 15) is 4.79 Å². The maximum absolute atomic E-state index is 13.0. The number of hydrogen-bond acceptors (Lipinski definition) is 5. The van der Waals surface area contributed by atoms with Crippen LogP contribution in [0.2, 0.25) is 0 Å². The third-order valence-corrected chi connectivity index (χ3v) is 5.95. The molecule has 0 unspecified atom stereocenters. The van der Waals surface area contributed by atoms with E-state index in [2.05, 4.69) is 24.0 Å². The molecule has 0 spiro atoms. The summed E-state index contributed by atoms with van der Waals surface area (Å²) in [6.45, 7) is 4.52. The predicted molar refractivity (Wildman–Crippen MR) is 96.2 cm³/mol. The molecule has 0 aliphatic heterocycles. The molecule has 3 aromatic rings. The number of nitrogens with zero attached hydrogens (tertiary/aromatic N) is 3. The Balaban J connectivity index is 2.24. The summed E-state index contributed by atoms with van der Waals surface area (Å²) in [6.07, 6.45) is 2.01. The van der Waals surface area contributed by atoms with Crippen LogP contribution >= 0.6 is 22.7 Å². The van der Waals surface area contributed by atoms with E-state index in [4.69, 9.17) is 5.26 Å². The lowest BCUT2D eigenvalue weighted by molar-refractivity contribution is 0.607. The van der Waals surface area contributed by atoms with E-state index in [-0.39, 0.29) is 5.56 Å². The van der Waals surface area contributed by atoms with Gasteiger partial charge in [-0.3, -0.25) is 9.36 Å². The molecule has 0 radical (unpaired) electrons. The average molecular weight is 343 g/mol. The number of aryl methyl sites for hydroxylation is 2. The van der Waals surface area contributed by atoms with Crippen molar-refractivity contribution in [3.05, 3.63) is 38.6 Å². The minimum Gasteiger partial charge on any atom is -0.296 e. The van der Waals surface area contributed by atoms with E-state index < -0.39 is 0 Å². The van der Waals surface area contributed by atoms with E-state index in [1.807, 2.05) is 18.4 Å². The van der Waals surface area contributed by atoms with Crippen LogP contribution in [-0.2, 0) is 13.0 Å². The van der Waals surface area contributed by atoms with Crippen LogP contribution in [-0.4, -0.2) is 9.55 Å². The topological polar surface area (TPSA) is 58.7 Å². The molecule has 0 aliphatic carbocycles. The van der Waals surface area contributed by atoms with Crippen LogP contribution in [0, 0.1) is 18.3 Å². The molecular formula is C17H17N3OS2. The molecule has 23 heavy (non-hydrogen) atoms. The second-order valence-corrected chi connectivity index (χ2v) is 7.32. The zero-order valence-corrected chi connectivity index (χ0v) is 14.8. The quantitative estimate of drug-likeness (QED) is 0.647. The van der Waals surface area contributed by atoms with E-state index in [0.717, 1.165) is 32.9 Å². The number of fused-ring (bicyclic) bond motifs is 1. The molecule has 3 heterocycles. The molecular weight excluding hydrogens is 326 g/mol. The van der Waals surface area contributed by atoms with Crippen molar-refractivity contribution < 1.29 is 0 Å². The second-order valence-electron chi connectivity index (χ2n) is 5.29. The number of rotatable bonds is 5. The van der Waals surface area contributed by atoms with Crippen molar-refractivity contribution in [3.8, 4) is 16.5 Å². The smallest absolute Gasteiger partial charge is 0.262 e. The summed E-state index contributed by atoms with van der Waals surface area (Å²) in [5, 5.41) is 11.5. The van der Waals surface area contributed by atoms with Crippen LogP contribution < -0.4 is 5.56 Å². The van der Waals surface area contributed by atoms with Gasteiger partial charge in [-0.15, -0.1) is 22.7 Å². The van der Waals surface area contributed by atoms with Crippen LogP contribution in [0.5, 0.6) is 0 Å². The Morgan fingerprint density at radius 2 is 2.26 bits per heavy atom. The molecule has 6 heteroatoms. The highest BCUT2D eigenvalue weighted by Crippen LogP contribution is 2.38. The van der Waals surface area contributed by atoms with Gasteiger partial charge in [0.1, 0.15) is 10.7 Å². The first-order valence-corrected chi connectivity index (χ1v) is 9.30. The highest BCUT2D eigenvalue weighted by Gasteiger charge is 2.20. The van der Waals surface area contributed by atoms with Gasteiger partial charge in [0.15, 0.2) is 0 Å². The molecule has 0 aromatic carbocycles. The maximum Gasteiger partial charge on any atom is 0.262 e. The first kappa shape index (κ1) is 15.9. The molecule has 0 N–H and O–H groups in total. The summed E-state index contributed by atoms with van der Waals surface area (Å²) in [6, 6.07) is 6.20. The van der Waals surface area contributed by atoms with Gasteiger partial charge >= 0.3 is 0 Å². The van der Waals surface area contributed by atoms with E-state index >= 15 is 0 Å². The third kappa shape index (κ3) is 2.82. The van der Waals surface area contributed by atoms with Gasteiger partial charge in [0.25, 0.3) is 5.56 Å². The Labute approximate surface area is 142 Å². The normalized spacial score (nSPS) is 11.0. The molecule has 0 fully saturated rings.